The largest absolute Gasteiger partial charge is 0.472 e. The first-order valence-corrected chi connectivity index (χ1v) is 17.6. The van der Waals surface area contributed by atoms with Gasteiger partial charge in [0.2, 0.25) is 0 Å². The Hall–Kier alpha value is -2.32. The third-order valence-corrected chi connectivity index (χ3v) is 6.78. The van der Waals surface area contributed by atoms with E-state index in [1.807, 2.05) is 6.92 Å². The van der Waals surface area contributed by atoms with Crippen molar-refractivity contribution in [3.63, 3.8) is 0 Å². The van der Waals surface area contributed by atoms with Gasteiger partial charge in [0.15, 0.2) is 0 Å². The van der Waals surface area contributed by atoms with Crippen molar-refractivity contribution in [1.82, 2.24) is 0 Å². The standard InChI is InChI=1S/C35H58NO7P/c1-3-5-6-7-8-9-10-11-12-13-14-15-16-17-18-19-20-21-22-23-24-25-26-27-30-40-32-34(43-35(37)28-4-2)33-42-44(38,39)41-31-29-36/h5-6,8-9,11-12,14-15,17-18,20-21,23-24,34H,3-4,7,10,13,16,19,22,25-33,36H2,1-2H3,(H,38,39)/b6-5-,9-8-,12-11-,15-14-,18-17-,21-20-,24-23-. The zero-order valence-electron chi connectivity index (χ0n) is 27.1. The van der Waals surface area contributed by atoms with Crippen molar-refractivity contribution in [1.29, 1.82) is 0 Å². The molecule has 0 fully saturated rings. The maximum absolute atomic E-state index is 11.9. The number of hydrogen-bond acceptors (Lipinski definition) is 7. The summed E-state index contributed by atoms with van der Waals surface area (Å²) < 4.78 is 32.4. The average Bonchev–Trinajstić information content (AvgIpc) is 3.00. The fourth-order valence-corrected chi connectivity index (χ4v) is 4.30. The minimum Gasteiger partial charge on any atom is -0.457 e. The second-order valence-corrected chi connectivity index (χ2v) is 11.4. The Morgan fingerprint density at radius 3 is 1.68 bits per heavy atom. The Labute approximate surface area is 267 Å². The fourth-order valence-electron chi connectivity index (χ4n) is 3.54. The van der Waals surface area contributed by atoms with E-state index in [-0.39, 0.29) is 32.8 Å². The number of esters is 1. The van der Waals surface area contributed by atoms with E-state index in [4.69, 9.17) is 24.3 Å². The van der Waals surface area contributed by atoms with Crippen molar-refractivity contribution in [2.45, 2.75) is 97.0 Å². The molecule has 0 rings (SSSR count). The van der Waals surface area contributed by atoms with Crippen LogP contribution in [0.25, 0.3) is 0 Å². The maximum Gasteiger partial charge on any atom is 0.472 e. The smallest absolute Gasteiger partial charge is 0.457 e. The number of ether oxygens (including phenoxy) is 2. The van der Waals surface area contributed by atoms with Crippen molar-refractivity contribution in [3.8, 4) is 0 Å². The summed E-state index contributed by atoms with van der Waals surface area (Å²) in [5.41, 5.74) is 5.27. The molecule has 44 heavy (non-hydrogen) atoms. The highest BCUT2D eigenvalue weighted by Crippen LogP contribution is 2.43. The van der Waals surface area contributed by atoms with E-state index in [1.54, 1.807) is 0 Å². The molecule has 2 unspecified atom stereocenters. The Bertz CT molecular complexity index is 937. The van der Waals surface area contributed by atoms with Gasteiger partial charge in [0, 0.05) is 19.6 Å². The first kappa shape index (κ1) is 41.7. The highest BCUT2D eigenvalue weighted by atomic mass is 31.2. The summed E-state index contributed by atoms with van der Waals surface area (Å²) >= 11 is 0. The molecule has 0 amide bonds. The second-order valence-electron chi connectivity index (χ2n) is 9.94. The van der Waals surface area contributed by atoms with Crippen LogP contribution in [-0.4, -0.2) is 49.9 Å². The number of nitrogens with two attached hydrogens (primary N) is 1. The molecule has 0 aliphatic carbocycles. The van der Waals surface area contributed by atoms with E-state index in [2.05, 4.69) is 92.0 Å². The molecule has 9 heteroatoms. The fraction of sp³-hybridized carbons (Fsp3) is 0.571. The summed E-state index contributed by atoms with van der Waals surface area (Å²) in [7, 11) is -4.26. The lowest BCUT2D eigenvalue weighted by Gasteiger charge is -2.19. The van der Waals surface area contributed by atoms with Gasteiger partial charge in [-0.15, -0.1) is 0 Å². The Balaban J connectivity index is 3.91. The summed E-state index contributed by atoms with van der Waals surface area (Å²) in [6.07, 6.45) is 40.5. The molecule has 0 aliphatic heterocycles. The molecule has 0 saturated heterocycles. The van der Waals surface area contributed by atoms with Gasteiger partial charge in [0.05, 0.1) is 19.8 Å². The minimum absolute atomic E-state index is 0.0743. The summed E-state index contributed by atoms with van der Waals surface area (Å²) in [5, 5.41) is 0. The number of carbonyl (C=O) groups excluding carboxylic acids is 1. The summed E-state index contributed by atoms with van der Waals surface area (Å²) in [6.45, 7) is 4.25. The maximum atomic E-state index is 11.9. The molecule has 0 heterocycles. The van der Waals surface area contributed by atoms with Crippen LogP contribution >= 0.6 is 7.82 Å². The van der Waals surface area contributed by atoms with Crippen LogP contribution in [0, 0.1) is 0 Å². The molecule has 2 atom stereocenters. The molecule has 0 bridgehead atoms. The number of allylic oxidation sites excluding steroid dienone is 14. The van der Waals surface area contributed by atoms with Crippen LogP contribution in [0.3, 0.4) is 0 Å². The van der Waals surface area contributed by atoms with E-state index >= 15 is 0 Å². The Morgan fingerprint density at radius 2 is 1.20 bits per heavy atom. The van der Waals surface area contributed by atoms with Gasteiger partial charge in [-0.25, -0.2) is 4.57 Å². The Morgan fingerprint density at radius 1 is 0.705 bits per heavy atom. The molecule has 250 valence electrons. The van der Waals surface area contributed by atoms with Gasteiger partial charge in [-0.3, -0.25) is 13.8 Å². The van der Waals surface area contributed by atoms with Gasteiger partial charge in [0.1, 0.15) is 6.10 Å². The molecule has 0 radical (unpaired) electrons. The molecule has 0 aliphatic rings. The molecule has 8 nitrogen and oxygen atoms in total. The van der Waals surface area contributed by atoms with Gasteiger partial charge in [-0.05, 0) is 70.6 Å². The van der Waals surface area contributed by atoms with Crippen LogP contribution in [0.5, 0.6) is 0 Å². The van der Waals surface area contributed by atoms with Crippen molar-refractivity contribution in [2.75, 3.05) is 33.0 Å². The third-order valence-electron chi connectivity index (χ3n) is 5.80. The van der Waals surface area contributed by atoms with E-state index in [0.29, 0.717) is 13.0 Å². The number of carbonyl (C=O) groups is 1. The summed E-state index contributed by atoms with van der Waals surface area (Å²) in [6, 6.07) is 0. The van der Waals surface area contributed by atoms with Gasteiger partial charge < -0.3 is 20.1 Å². The molecular formula is C35H58NO7P. The predicted molar refractivity (Wildman–Crippen MR) is 182 cm³/mol. The lowest BCUT2D eigenvalue weighted by molar-refractivity contribution is -0.154. The first-order chi connectivity index (χ1) is 21.4. The normalized spacial score (nSPS) is 14.9. The summed E-state index contributed by atoms with van der Waals surface area (Å²) in [5.74, 6) is -0.405. The van der Waals surface area contributed by atoms with Crippen molar-refractivity contribution in [2.24, 2.45) is 5.73 Å². The highest BCUT2D eigenvalue weighted by molar-refractivity contribution is 7.47. The van der Waals surface area contributed by atoms with E-state index < -0.39 is 19.9 Å². The van der Waals surface area contributed by atoms with Crippen LogP contribution < -0.4 is 5.73 Å². The first-order valence-electron chi connectivity index (χ1n) is 16.1. The number of phosphoric ester groups is 1. The van der Waals surface area contributed by atoms with Gasteiger partial charge in [-0.2, -0.15) is 0 Å². The Kier molecular flexibility index (Phi) is 30.4. The minimum atomic E-state index is -4.26. The summed E-state index contributed by atoms with van der Waals surface area (Å²) in [4.78, 5) is 21.5. The van der Waals surface area contributed by atoms with E-state index in [1.165, 1.54) is 0 Å². The molecular weight excluding hydrogens is 577 g/mol. The van der Waals surface area contributed by atoms with E-state index in [9.17, 15) is 14.3 Å². The number of unbranched alkanes of at least 4 members (excludes halogenated alkanes) is 2. The molecule has 0 aromatic carbocycles. The lowest BCUT2D eigenvalue weighted by atomic mass is 10.2. The topological polar surface area (TPSA) is 117 Å². The number of phosphoric acid groups is 1. The highest BCUT2D eigenvalue weighted by Gasteiger charge is 2.25. The average molecular weight is 636 g/mol. The SMILES string of the molecule is CC/C=C\C/C=C\C/C=C\C/C=C\C/C=C\C/C=C\C/C=C\CCCCOCC(COP(=O)(O)OCCN)OC(=O)CCC. The van der Waals surface area contributed by atoms with E-state index in [0.717, 1.165) is 64.2 Å². The monoisotopic (exact) mass is 635 g/mol. The predicted octanol–water partition coefficient (Wildman–Crippen LogP) is 8.62. The second kappa shape index (κ2) is 32.1. The lowest BCUT2D eigenvalue weighted by Crippen LogP contribution is -2.28. The molecule has 0 spiro atoms. The van der Waals surface area contributed by atoms with Crippen LogP contribution in [0.15, 0.2) is 85.1 Å². The van der Waals surface area contributed by atoms with Crippen molar-refractivity contribution in [3.05, 3.63) is 85.1 Å². The molecule has 0 aromatic heterocycles. The van der Waals surface area contributed by atoms with Gasteiger partial charge >= 0.3 is 13.8 Å². The van der Waals surface area contributed by atoms with Crippen LogP contribution in [0.4, 0.5) is 0 Å². The van der Waals surface area contributed by atoms with Crippen LogP contribution in [-0.2, 0) is 27.9 Å². The van der Waals surface area contributed by atoms with Crippen molar-refractivity contribution < 1.29 is 32.8 Å². The number of rotatable bonds is 29. The quantitative estimate of drug-likeness (QED) is 0.0363. The molecule has 3 N–H and O–H groups in total. The zero-order chi connectivity index (χ0) is 32.4. The van der Waals surface area contributed by atoms with Crippen molar-refractivity contribution >= 4 is 13.8 Å². The van der Waals surface area contributed by atoms with Gasteiger partial charge in [-0.1, -0.05) is 98.9 Å². The third kappa shape index (κ3) is 31.1. The van der Waals surface area contributed by atoms with Gasteiger partial charge in [0.25, 0.3) is 0 Å². The number of hydrogen-bond donors (Lipinski definition) is 2. The van der Waals surface area contributed by atoms with Crippen LogP contribution in [0.1, 0.15) is 90.9 Å². The van der Waals surface area contributed by atoms with Crippen LogP contribution in [0.2, 0.25) is 0 Å². The zero-order valence-corrected chi connectivity index (χ0v) is 28.0. The molecule has 0 aromatic rings. The molecule has 0 saturated carbocycles.